The molecule has 2 unspecified atom stereocenters. The standard InChI is InChI=1S/C64H108N2O51/c1-13(75)65-25-35(85)48(21(9-73)101-55(25)98)111-56-26(66-14(2)76)36(86)49(22(10-74)108-56)112-62-47(97)52(34(84)24(110-62)12-100-58-45(95)51(114-60-44(94)39(89)29(79)17(5-69)104-60)33(83)23(109-58)11-99-57-42(92)37(87)27(77)15(3-67)102-57)115-63-54(41(91)31(81)18(6-70)106-63)117-64-53(40(90)30(80)19(7-71)107-64)116-61-46(96)50(32(82)20(8-72)105-61)113-59-43(93)38(88)28(78)16(4-68)103-59/h15-64,67-74,77-98H,3-12H2,1-2H3,(H,65,75)(H,66,76)/t15-,16-,17-,18-,19-,20-,21-,22-,23-,24-,25-,26-,27-,28-,29-,30-,31-,32-,33-,34-,35-,36-,37+,38+,39+,40+,41+,42+,43-,44+,45+,46+,47+,48-,49-,50+,51+,52+,53+,54+,55?,56+,57+,58+,59?,60-,61-,62+,63-,64-/m1/s1. The smallest absolute Gasteiger partial charge is 0.217 e. The fraction of sp³-hybridized carbons (Fsp3) is 0.969. The molecule has 53 nitrogen and oxygen atoms in total. The Kier molecular flexibility index (Phi) is 34.4. The molecule has 50 atom stereocenters. The first-order chi connectivity index (χ1) is 55.4. The Bertz CT molecular complexity index is 3050. The molecule has 10 rings (SSSR count). The molecular weight excluding hydrogens is 1610 g/mol. The molecule has 0 aromatic heterocycles. The molecular formula is C64H108N2O51. The molecule has 10 aliphatic heterocycles. The van der Waals surface area contributed by atoms with Gasteiger partial charge in [-0.2, -0.15) is 0 Å². The van der Waals surface area contributed by atoms with Crippen LogP contribution in [0.1, 0.15) is 13.8 Å². The highest BCUT2D eigenvalue weighted by Crippen LogP contribution is 2.41. The largest absolute Gasteiger partial charge is 0.394 e. The first-order valence-electron chi connectivity index (χ1n) is 37.2. The van der Waals surface area contributed by atoms with E-state index in [4.69, 9.17) is 90.0 Å². The van der Waals surface area contributed by atoms with Crippen LogP contribution in [0.25, 0.3) is 0 Å². The maximum Gasteiger partial charge on any atom is 0.217 e. The van der Waals surface area contributed by atoms with E-state index in [2.05, 4.69) is 10.6 Å². The van der Waals surface area contributed by atoms with E-state index in [-0.39, 0.29) is 0 Å². The van der Waals surface area contributed by atoms with Gasteiger partial charge in [-0.15, -0.1) is 0 Å². The molecule has 10 aliphatic rings. The minimum absolute atomic E-state index is 0.804. The van der Waals surface area contributed by atoms with E-state index in [1.165, 1.54) is 0 Å². The van der Waals surface area contributed by atoms with E-state index in [0.29, 0.717) is 0 Å². The number of rotatable bonds is 30. The van der Waals surface area contributed by atoms with Crippen molar-refractivity contribution in [3.05, 3.63) is 0 Å². The van der Waals surface area contributed by atoms with Crippen molar-refractivity contribution < 1.29 is 253 Å². The first kappa shape index (κ1) is 96.2. The van der Waals surface area contributed by atoms with Crippen molar-refractivity contribution in [1.82, 2.24) is 10.6 Å². The number of nitrogens with one attached hydrogen (secondary N) is 2. The Morgan fingerprint density at radius 3 is 0.855 bits per heavy atom. The molecule has 53 heteroatoms. The Balaban J connectivity index is 0.986. The normalized spacial score (nSPS) is 51.5. The third-order valence-electron chi connectivity index (χ3n) is 21.7. The van der Waals surface area contributed by atoms with Crippen LogP contribution in [-0.2, 0) is 99.6 Å². The zero-order chi connectivity index (χ0) is 85.9. The monoisotopic (exact) mass is 1720 g/mol. The SMILES string of the molecule is CC(=O)N[C@H]1[C@H](O[C@H]2[C@H](O)[C@@H](NC(C)=O)C(O)O[C@@H]2CO)O[C@H](CO)[C@@H](O[C@@H]2O[C@H](CO[C@H]3O[C@H](CO[C@H]4O[C@H](CO)[C@@H](O)[C@H](O)[C@@H]4O)[C@@H](O)[C@H](O[C@H]4O[C@H](CO)[C@@H](O)[C@H](O)[C@@H]4O)[C@@H]3O)[C@@H](O)[C@H](O[C@H]3O[C@H](CO)[C@@H](O)[C@H](O)[C@@H]3O[C@H]3O[C@H](CO)[C@@H](O)[C@H](O)[C@@H]3O[C@H]3O[C@H](CO)[C@@H](O)[C@H](OC4O[C@H](CO)[C@@H](O)[C@H](O)[C@H]4O)[C@@H]3O)[C@@H]2O)[C@@H]1O. The van der Waals surface area contributed by atoms with E-state index in [1.54, 1.807) is 0 Å². The molecule has 32 N–H and O–H groups in total. The predicted molar refractivity (Wildman–Crippen MR) is 353 cm³/mol. The fourth-order valence-electron chi connectivity index (χ4n) is 15.0. The third kappa shape index (κ3) is 20.7. The van der Waals surface area contributed by atoms with Gasteiger partial charge in [0, 0.05) is 13.8 Å². The van der Waals surface area contributed by atoms with E-state index < -0.39 is 385 Å². The second-order valence-corrected chi connectivity index (χ2v) is 29.5. The van der Waals surface area contributed by atoms with Gasteiger partial charge < -0.3 is 254 Å². The van der Waals surface area contributed by atoms with Crippen LogP contribution in [-0.4, -0.2) is 538 Å². The molecule has 680 valence electrons. The highest BCUT2D eigenvalue weighted by atomic mass is 16.8. The van der Waals surface area contributed by atoms with Crippen LogP contribution in [0, 0.1) is 0 Å². The van der Waals surface area contributed by atoms with Gasteiger partial charge in [-0.3, -0.25) is 9.59 Å². The predicted octanol–water partition coefficient (Wildman–Crippen LogP) is -22.5. The Labute approximate surface area is 660 Å². The molecule has 0 aromatic carbocycles. The summed E-state index contributed by atoms with van der Waals surface area (Å²) in [6, 6.07) is -3.63. The van der Waals surface area contributed by atoms with Gasteiger partial charge in [0.1, 0.15) is 244 Å². The lowest BCUT2D eigenvalue weighted by Gasteiger charge is -2.51. The van der Waals surface area contributed by atoms with Crippen LogP contribution in [0.3, 0.4) is 0 Å². The lowest BCUT2D eigenvalue weighted by molar-refractivity contribution is -0.411. The molecule has 0 aromatic rings. The van der Waals surface area contributed by atoms with Gasteiger partial charge in [-0.05, 0) is 0 Å². The maximum absolute atomic E-state index is 13.0. The molecule has 0 radical (unpaired) electrons. The molecule has 10 heterocycles. The van der Waals surface area contributed by atoms with Crippen molar-refractivity contribution >= 4 is 11.8 Å². The first-order valence-corrected chi connectivity index (χ1v) is 37.2. The zero-order valence-electron chi connectivity index (χ0n) is 61.9. The van der Waals surface area contributed by atoms with Crippen molar-refractivity contribution in [2.75, 3.05) is 66.1 Å². The average Bonchev–Trinajstić information content (AvgIpc) is 0.766. The van der Waals surface area contributed by atoms with Gasteiger partial charge in [0.2, 0.25) is 11.8 Å². The minimum atomic E-state index is -2.64. The Morgan fingerprint density at radius 1 is 0.222 bits per heavy atom. The van der Waals surface area contributed by atoms with Crippen molar-refractivity contribution in [2.45, 2.75) is 321 Å². The molecule has 2 amide bonds. The van der Waals surface area contributed by atoms with Crippen molar-refractivity contribution in [3.63, 3.8) is 0 Å². The zero-order valence-corrected chi connectivity index (χ0v) is 61.9. The van der Waals surface area contributed by atoms with Crippen LogP contribution in [0.4, 0.5) is 0 Å². The van der Waals surface area contributed by atoms with Gasteiger partial charge in [-0.1, -0.05) is 0 Å². The van der Waals surface area contributed by atoms with Gasteiger partial charge in [-0.25, -0.2) is 0 Å². The van der Waals surface area contributed by atoms with E-state index in [1.807, 2.05) is 0 Å². The van der Waals surface area contributed by atoms with Crippen LogP contribution in [0.5, 0.6) is 0 Å². The number of carbonyl (C=O) groups is 2. The molecule has 0 aliphatic carbocycles. The molecule has 10 saturated heterocycles. The Morgan fingerprint density at radius 2 is 0.462 bits per heavy atom. The summed E-state index contributed by atoms with van der Waals surface area (Å²) in [4.78, 5) is 25.2. The minimum Gasteiger partial charge on any atom is -0.394 e. The maximum atomic E-state index is 13.0. The summed E-state index contributed by atoms with van der Waals surface area (Å²) < 4.78 is 111. The van der Waals surface area contributed by atoms with Gasteiger partial charge in [0.05, 0.1) is 66.1 Å². The summed E-state index contributed by atoms with van der Waals surface area (Å²) in [6.45, 7) is -9.18. The van der Waals surface area contributed by atoms with Crippen LogP contribution >= 0.6 is 0 Å². The van der Waals surface area contributed by atoms with Gasteiger partial charge >= 0.3 is 0 Å². The number of hydrogen-bond acceptors (Lipinski definition) is 51. The molecule has 0 bridgehead atoms. The van der Waals surface area contributed by atoms with Crippen molar-refractivity contribution in [2.24, 2.45) is 0 Å². The lowest BCUT2D eigenvalue weighted by atomic mass is 9.94. The van der Waals surface area contributed by atoms with Crippen LogP contribution in [0.2, 0.25) is 0 Å². The summed E-state index contributed by atoms with van der Waals surface area (Å²) in [7, 11) is 0. The van der Waals surface area contributed by atoms with Gasteiger partial charge in [0.25, 0.3) is 0 Å². The number of aliphatic hydroxyl groups is 30. The molecule has 0 saturated carbocycles. The lowest BCUT2D eigenvalue weighted by Crippen LogP contribution is -2.70. The summed E-state index contributed by atoms with van der Waals surface area (Å²) in [5.74, 6) is -1.77. The highest BCUT2D eigenvalue weighted by Gasteiger charge is 2.62. The average molecular weight is 1720 g/mol. The number of carbonyl (C=O) groups excluding carboxylic acids is 2. The Hall–Kier alpha value is -3.02. The van der Waals surface area contributed by atoms with Gasteiger partial charge in [0.15, 0.2) is 62.9 Å². The van der Waals surface area contributed by atoms with E-state index in [9.17, 15) is 163 Å². The second kappa shape index (κ2) is 41.9. The quantitative estimate of drug-likeness (QED) is 0.0318. The number of amides is 2. The fourth-order valence-corrected chi connectivity index (χ4v) is 15.0. The number of aliphatic hydroxyl groups excluding tert-OH is 30. The van der Waals surface area contributed by atoms with Crippen LogP contribution < -0.4 is 10.6 Å². The molecule has 117 heavy (non-hydrogen) atoms. The molecule has 10 fully saturated rings. The topological polar surface area (TPSA) is 840 Å². The third-order valence-corrected chi connectivity index (χ3v) is 21.7. The molecule has 0 spiro atoms. The summed E-state index contributed by atoms with van der Waals surface area (Å²) in [6.07, 6.45) is -103. The van der Waals surface area contributed by atoms with E-state index in [0.717, 1.165) is 13.8 Å². The summed E-state index contributed by atoms with van der Waals surface area (Å²) in [5, 5.41) is 337. The summed E-state index contributed by atoms with van der Waals surface area (Å²) in [5.41, 5.74) is 0. The van der Waals surface area contributed by atoms with Crippen molar-refractivity contribution in [3.8, 4) is 0 Å². The van der Waals surface area contributed by atoms with Crippen molar-refractivity contribution in [1.29, 1.82) is 0 Å². The second-order valence-electron chi connectivity index (χ2n) is 29.5. The number of hydrogen-bond donors (Lipinski definition) is 32. The highest BCUT2D eigenvalue weighted by molar-refractivity contribution is 5.73. The summed E-state index contributed by atoms with van der Waals surface area (Å²) >= 11 is 0. The van der Waals surface area contributed by atoms with E-state index >= 15 is 0 Å². The number of ether oxygens (including phenoxy) is 19. The van der Waals surface area contributed by atoms with Crippen LogP contribution in [0.15, 0.2) is 0 Å².